The fraction of sp³-hybridized carbons (Fsp3) is 0.406. The summed E-state index contributed by atoms with van der Waals surface area (Å²) in [5, 5.41) is 11.6. The number of primary amides is 1. The summed E-state index contributed by atoms with van der Waals surface area (Å²) in [7, 11) is -3.71. The van der Waals surface area contributed by atoms with Gasteiger partial charge < -0.3 is 15.6 Å². The monoisotopic (exact) mass is 629 g/mol. The van der Waals surface area contributed by atoms with Crippen molar-refractivity contribution in [2.24, 2.45) is 17.1 Å². The highest BCUT2D eigenvalue weighted by Gasteiger charge is 2.46. The Morgan fingerprint density at radius 1 is 1.05 bits per heavy atom. The van der Waals surface area contributed by atoms with Crippen LogP contribution in [0, 0.1) is 11.3 Å². The topological polar surface area (TPSA) is 149 Å². The number of sulfonamides is 1. The van der Waals surface area contributed by atoms with Crippen molar-refractivity contribution in [1.82, 2.24) is 9.71 Å². The molecule has 0 aliphatic heterocycles. The van der Waals surface area contributed by atoms with Gasteiger partial charge in [0.1, 0.15) is 11.8 Å². The Morgan fingerprint density at radius 2 is 1.67 bits per heavy atom. The third-order valence-electron chi connectivity index (χ3n) is 7.60. The largest absolute Gasteiger partial charge is 0.449 e. The average molecular weight is 630 g/mol. The normalized spacial score (nSPS) is 14.2. The first-order valence-corrected chi connectivity index (χ1v) is 16.2. The predicted molar refractivity (Wildman–Crippen MR) is 168 cm³/mol. The van der Waals surface area contributed by atoms with Crippen LogP contribution < -0.4 is 10.5 Å². The van der Waals surface area contributed by atoms with E-state index in [9.17, 15) is 23.1 Å². The number of carbonyl (C=O) groups is 2. The van der Waals surface area contributed by atoms with Crippen LogP contribution in [0.4, 0.5) is 4.79 Å². The molecule has 1 unspecified atom stereocenters. The number of aliphatic hydroxyl groups excluding tert-OH is 1. The van der Waals surface area contributed by atoms with E-state index in [1.807, 2.05) is 65.0 Å². The summed E-state index contributed by atoms with van der Waals surface area (Å²) in [6, 6.07) is 16.4. The summed E-state index contributed by atoms with van der Waals surface area (Å²) < 4.78 is 30.8. The van der Waals surface area contributed by atoms with E-state index < -0.39 is 39.0 Å². The van der Waals surface area contributed by atoms with E-state index in [-0.39, 0.29) is 18.9 Å². The van der Waals surface area contributed by atoms with Gasteiger partial charge in [-0.05, 0) is 64.1 Å². The number of carbonyl (C=O) groups excluding carboxylic acids is 2. The number of nitrogens with one attached hydrogen (secondary N) is 1. The predicted octanol–water partition coefficient (Wildman–Crippen LogP) is 5.79. The van der Waals surface area contributed by atoms with Crippen LogP contribution >= 0.6 is 11.6 Å². The third kappa shape index (κ3) is 8.78. The zero-order valence-corrected chi connectivity index (χ0v) is 26.9. The molecular weight excluding hydrogens is 590 g/mol. The molecule has 0 aliphatic carbocycles. The van der Waals surface area contributed by atoms with Crippen LogP contribution in [0.5, 0.6) is 0 Å². The minimum Gasteiger partial charge on any atom is -0.449 e. The minimum absolute atomic E-state index is 0.0636. The van der Waals surface area contributed by atoms with Crippen LogP contribution in [0.15, 0.2) is 60.8 Å². The lowest BCUT2D eigenvalue weighted by atomic mass is 9.60. The number of amides is 2. The number of nitrogens with zero attached hydrogens (tertiary/aromatic N) is 1. The first-order valence-electron chi connectivity index (χ1n) is 13.9. The number of rotatable bonds is 11. The van der Waals surface area contributed by atoms with Crippen molar-refractivity contribution in [2.75, 3.05) is 12.9 Å². The van der Waals surface area contributed by atoms with Crippen LogP contribution in [-0.4, -0.2) is 43.4 Å². The molecular formula is C32H40ClN3O6S. The van der Waals surface area contributed by atoms with Crippen LogP contribution in [0.2, 0.25) is 5.15 Å². The molecule has 0 saturated carbocycles. The van der Waals surface area contributed by atoms with Crippen LogP contribution in [0.3, 0.4) is 0 Å². The lowest BCUT2D eigenvalue weighted by Crippen LogP contribution is -2.46. The van der Waals surface area contributed by atoms with Gasteiger partial charge in [-0.15, -0.1) is 0 Å². The van der Waals surface area contributed by atoms with Gasteiger partial charge in [0.15, 0.2) is 0 Å². The highest BCUT2D eigenvalue weighted by Crippen LogP contribution is 2.48. The van der Waals surface area contributed by atoms with Gasteiger partial charge in [-0.2, -0.15) is 0 Å². The fourth-order valence-electron chi connectivity index (χ4n) is 5.25. The summed E-state index contributed by atoms with van der Waals surface area (Å²) >= 11 is 5.94. The maximum Gasteiger partial charge on any atom is 0.404 e. The van der Waals surface area contributed by atoms with Crippen LogP contribution in [0.1, 0.15) is 74.2 Å². The average Bonchev–Trinajstić information content (AvgIpc) is 2.89. The van der Waals surface area contributed by atoms with E-state index in [4.69, 9.17) is 22.1 Å². The van der Waals surface area contributed by atoms with Gasteiger partial charge >= 0.3 is 6.09 Å². The second kappa shape index (κ2) is 13.4. The van der Waals surface area contributed by atoms with Gasteiger partial charge in [-0.25, -0.2) is 22.9 Å². The fourth-order valence-corrected chi connectivity index (χ4v) is 5.81. The Labute approximate surface area is 258 Å². The molecule has 3 rings (SSSR count). The Morgan fingerprint density at radius 3 is 2.19 bits per heavy atom. The second-order valence-electron chi connectivity index (χ2n) is 12.3. The number of benzene rings is 2. The second-order valence-corrected chi connectivity index (χ2v) is 14.5. The van der Waals surface area contributed by atoms with E-state index in [0.717, 1.165) is 28.5 Å². The molecule has 4 N–H and O–H groups in total. The van der Waals surface area contributed by atoms with Crippen molar-refractivity contribution < 1.29 is 27.9 Å². The van der Waals surface area contributed by atoms with Gasteiger partial charge in [0, 0.05) is 17.2 Å². The molecule has 1 heterocycles. The molecule has 9 nitrogen and oxygen atoms in total. The zero-order valence-electron chi connectivity index (χ0n) is 25.3. The van der Waals surface area contributed by atoms with Gasteiger partial charge in [0.2, 0.25) is 10.0 Å². The molecule has 0 aliphatic rings. The lowest BCUT2D eigenvalue weighted by molar-refractivity contribution is 0.0223. The highest BCUT2D eigenvalue weighted by atomic mass is 35.5. The van der Waals surface area contributed by atoms with Gasteiger partial charge in [0.25, 0.3) is 5.91 Å². The number of ether oxygens (including phenoxy) is 1. The number of nitrogens with two attached hydrogens (primary N) is 1. The number of aliphatic hydroxyl groups is 1. The molecule has 43 heavy (non-hydrogen) atoms. The number of aromatic nitrogens is 1. The molecule has 232 valence electrons. The Bertz CT molecular complexity index is 1550. The molecule has 2 amide bonds. The molecule has 2 aromatic carbocycles. The molecule has 1 aromatic heterocycles. The number of hydrogen-bond donors (Lipinski definition) is 3. The lowest BCUT2D eigenvalue weighted by Gasteiger charge is -2.46. The minimum atomic E-state index is -3.71. The molecule has 3 aromatic rings. The van der Waals surface area contributed by atoms with E-state index in [1.54, 1.807) is 24.3 Å². The Kier molecular flexibility index (Phi) is 10.6. The third-order valence-corrected chi connectivity index (χ3v) is 8.38. The Balaban J connectivity index is 2.06. The SMILES string of the molecule is CC(C)Cc1cc(-c2ccc(C(COC(N)=O)(C[C@@H](O)c3ccc(Cl)nc3)C(C)(C)C)cc2)ccc1C(=O)NS(C)(=O)=O. The highest BCUT2D eigenvalue weighted by molar-refractivity contribution is 7.89. The van der Waals surface area contributed by atoms with Crippen molar-refractivity contribution in [3.05, 3.63) is 88.2 Å². The van der Waals surface area contributed by atoms with Crippen molar-refractivity contribution in [3.63, 3.8) is 0 Å². The van der Waals surface area contributed by atoms with Crippen molar-refractivity contribution in [2.45, 2.75) is 59.0 Å². The molecule has 0 saturated heterocycles. The van der Waals surface area contributed by atoms with Crippen LogP contribution in [-0.2, 0) is 26.6 Å². The zero-order chi connectivity index (χ0) is 32.2. The first-order chi connectivity index (χ1) is 19.9. The first kappa shape index (κ1) is 34.0. The summed E-state index contributed by atoms with van der Waals surface area (Å²) in [6.45, 7) is 10.0. The molecule has 0 radical (unpaired) electrons. The van der Waals surface area contributed by atoms with E-state index in [1.165, 1.54) is 6.20 Å². The summed E-state index contributed by atoms with van der Waals surface area (Å²) in [5.74, 6) is -0.443. The molecule has 0 fully saturated rings. The quantitative estimate of drug-likeness (QED) is 0.227. The number of pyridine rings is 1. The van der Waals surface area contributed by atoms with Crippen molar-refractivity contribution in [1.29, 1.82) is 0 Å². The standard InChI is InChI=1S/C32H40ClN3O6S/c1-20(2)15-24-16-22(9-13-26(24)29(38)36-43(6,40)41)21-7-11-25(12-8-21)32(31(3,4)5,19-42-30(34)39)17-27(37)23-10-14-28(33)35-18-23/h7-14,16,18,20,27,37H,15,17,19H2,1-6H3,(H2,34,39)(H,36,38)/t27-,32?/m1/s1. The van der Waals surface area contributed by atoms with Crippen molar-refractivity contribution >= 4 is 33.6 Å². The van der Waals surface area contributed by atoms with E-state index in [0.29, 0.717) is 22.7 Å². The van der Waals surface area contributed by atoms with Gasteiger partial charge in [-0.1, -0.05) is 88.7 Å². The summed E-state index contributed by atoms with van der Waals surface area (Å²) in [4.78, 5) is 28.5. The maximum absolute atomic E-state index is 12.7. The maximum atomic E-state index is 12.7. The molecule has 11 heteroatoms. The summed E-state index contributed by atoms with van der Waals surface area (Å²) in [5.41, 5.74) is 8.20. The van der Waals surface area contributed by atoms with Gasteiger partial charge in [0.05, 0.1) is 12.4 Å². The molecule has 0 bridgehead atoms. The molecule has 2 atom stereocenters. The van der Waals surface area contributed by atoms with Gasteiger partial charge in [-0.3, -0.25) is 4.79 Å². The Hall–Kier alpha value is -3.47. The van der Waals surface area contributed by atoms with E-state index >= 15 is 0 Å². The van der Waals surface area contributed by atoms with Crippen LogP contribution in [0.25, 0.3) is 11.1 Å². The number of hydrogen-bond acceptors (Lipinski definition) is 7. The van der Waals surface area contributed by atoms with E-state index in [2.05, 4.69) is 9.71 Å². The molecule has 0 spiro atoms. The smallest absolute Gasteiger partial charge is 0.404 e. The van der Waals surface area contributed by atoms with Crippen molar-refractivity contribution in [3.8, 4) is 11.1 Å². The number of halogens is 1. The summed E-state index contributed by atoms with van der Waals surface area (Å²) in [6.07, 6.45) is 1.39.